The molecule has 1 saturated carbocycles. The van der Waals surface area contributed by atoms with Crippen molar-refractivity contribution in [2.24, 2.45) is 5.92 Å². The van der Waals surface area contributed by atoms with E-state index in [0.717, 1.165) is 38.7 Å². The summed E-state index contributed by atoms with van der Waals surface area (Å²) >= 11 is 8.64. The molecular weight excluding hydrogens is 575 g/mol. The Morgan fingerprint density at radius 1 is 1.06 bits per heavy atom. The van der Waals surface area contributed by atoms with E-state index >= 15 is 0 Å². The number of aromatic nitrogens is 2. The zero-order valence-corrected chi connectivity index (χ0v) is 22.1. The fourth-order valence-corrected chi connectivity index (χ4v) is 5.22. The lowest BCUT2D eigenvalue weighted by atomic mass is 9.72. The molecule has 1 aliphatic carbocycles. The Morgan fingerprint density at radius 3 is 2.49 bits per heavy atom. The van der Waals surface area contributed by atoms with Crippen molar-refractivity contribution in [2.45, 2.75) is 31.3 Å². The highest BCUT2D eigenvalue weighted by atomic mass is 127. The van der Waals surface area contributed by atoms with Crippen LogP contribution in [0, 0.1) is 9.49 Å². The molecule has 1 heterocycles. The van der Waals surface area contributed by atoms with E-state index in [4.69, 9.17) is 21.1 Å². The van der Waals surface area contributed by atoms with Crippen molar-refractivity contribution >= 4 is 51.1 Å². The largest absolute Gasteiger partial charge is 0.489 e. The van der Waals surface area contributed by atoms with Crippen molar-refractivity contribution in [3.05, 3.63) is 98.5 Å². The van der Waals surface area contributed by atoms with Gasteiger partial charge in [-0.25, -0.2) is 9.97 Å². The second-order valence-electron chi connectivity index (χ2n) is 8.85. The molecule has 35 heavy (non-hydrogen) atoms. The van der Waals surface area contributed by atoms with Gasteiger partial charge in [-0.1, -0.05) is 55.3 Å². The molecule has 1 unspecified atom stereocenters. The smallest absolute Gasteiger partial charge is 0.322 e. The molecule has 1 aliphatic rings. The molecule has 1 fully saturated rings. The van der Waals surface area contributed by atoms with Gasteiger partial charge < -0.3 is 9.47 Å². The maximum atomic E-state index is 13.7. The summed E-state index contributed by atoms with van der Waals surface area (Å²) in [6, 6.07) is 23.6. The second-order valence-corrected chi connectivity index (χ2v) is 10.4. The van der Waals surface area contributed by atoms with Gasteiger partial charge in [0.1, 0.15) is 17.8 Å². The van der Waals surface area contributed by atoms with Gasteiger partial charge in [0.2, 0.25) is 5.28 Å². The van der Waals surface area contributed by atoms with Gasteiger partial charge in [-0.3, -0.25) is 4.79 Å². The molecule has 0 saturated heterocycles. The average molecular weight is 599 g/mol. The van der Waals surface area contributed by atoms with Gasteiger partial charge in [0.15, 0.2) is 0 Å². The van der Waals surface area contributed by atoms with Crippen LogP contribution in [0.3, 0.4) is 0 Å². The molecule has 5 nitrogen and oxygen atoms in total. The van der Waals surface area contributed by atoms with Crippen LogP contribution in [0.2, 0.25) is 5.28 Å². The van der Waals surface area contributed by atoms with Crippen LogP contribution in [0.15, 0.2) is 72.8 Å². The Bertz CT molecular complexity index is 1360. The Labute approximate surface area is 223 Å². The van der Waals surface area contributed by atoms with Crippen LogP contribution >= 0.6 is 34.2 Å². The Morgan fingerprint density at radius 2 is 1.80 bits per heavy atom. The van der Waals surface area contributed by atoms with Gasteiger partial charge in [0.25, 0.3) is 0 Å². The Balaban J connectivity index is 1.61. The molecule has 3 aromatic carbocycles. The molecule has 0 aliphatic heterocycles. The first-order chi connectivity index (χ1) is 17.0. The minimum absolute atomic E-state index is 0.112. The second kappa shape index (κ2) is 10.1. The van der Waals surface area contributed by atoms with Crippen LogP contribution in [0.4, 0.5) is 0 Å². The summed E-state index contributed by atoms with van der Waals surface area (Å²) in [4.78, 5) is 22.7. The lowest BCUT2D eigenvalue weighted by Crippen LogP contribution is -2.40. The van der Waals surface area contributed by atoms with E-state index < -0.39 is 5.41 Å². The third-order valence-electron chi connectivity index (χ3n) is 6.46. The maximum absolute atomic E-state index is 13.7. The highest BCUT2D eigenvalue weighted by Gasteiger charge is 2.49. The van der Waals surface area contributed by atoms with Crippen LogP contribution < -0.4 is 4.74 Å². The summed E-state index contributed by atoms with van der Waals surface area (Å²) in [6.45, 7) is 0.467. The van der Waals surface area contributed by atoms with Crippen LogP contribution in [0.25, 0.3) is 10.9 Å². The summed E-state index contributed by atoms with van der Waals surface area (Å²) in [6.07, 6.45) is 2.74. The number of benzene rings is 3. The van der Waals surface area contributed by atoms with Crippen molar-refractivity contribution in [3.8, 4) is 5.75 Å². The molecule has 7 heteroatoms. The SMILES string of the molecule is COC(=O)C(CC1CC1)(c1ccc(OCc2ccccc2)cc1)c1nc(Cl)nc2ccc(I)cc12. The van der Waals surface area contributed by atoms with Crippen LogP contribution in [0.5, 0.6) is 5.75 Å². The number of fused-ring (bicyclic) bond motifs is 1. The highest BCUT2D eigenvalue weighted by molar-refractivity contribution is 14.1. The van der Waals surface area contributed by atoms with Crippen molar-refractivity contribution in [3.63, 3.8) is 0 Å². The van der Waals surface area contributed by atoms with E-state index in [2.05, 4.69) is 32.6 Å². The van der Waals surface area contributed by atoms with E-state index in [1.165, 1.54) is 7.11 Å². The fourth-order valence-electron chi connectivity index (χ4n) is 4.55. The molecule has 0 spiro atoms. The molecule has 1 atom stereocenters. The first-order valence-corrected chi connectivity index (χ1v) is 12.9. The summed E-state index contributed by atoms with van der Waals surface area (Å²) in [5, 5.41) is 0.914. The van der Waals surface area contributed by atoms with E-state index in [1.807, 2.05) is 72.8 Å². The summed E-state index contributed by atoms with van der Waals surface area (Å²) in [5.41, 5.74) is 2.07. The molecule has 4 aromatic rings. The third-order valence-corrected chi connectivity index (χ3v) is 7.30. The number of carbonyl (C=O) groups excluding carboxylic acids is 1. The molecule has 178 valence electrons. The zero-order chi connectivity index (χ0) is 24.4. The number of ether oxygens (including phenoxy) is 2. The molecular formula is C28H24ClIN2O3. The number of halogens is 2. The lowest BCUT2D eigenvalue weighted by molar-refractivity contribution is -0.146. The van der Waals surface area contributed by atoms with Crippen LogP contribution in [-0.2, 0) is 21.6 Å². The number of hydrogen-bond donors (Lipinski definition) is 0. The molecule has 0 radical (unpaired) electrons. The van der Waals surface area contributed by atoms with E-state index in [1.54, 1.807) is 0 Å². The molecule has 0 bridgehead atoms. The minimum Gasteiger partial charge on any atom is -0.489 e. The topological polar surface area (TPSA) is 61.3 Å². The number of esters is 1. The average Bonchev–Trinajstić information content (AvgIpc) is 3.70. The predicted molar refractivity (Wildman–Crippen MR) is 145 cm³/mol. The van der Waals surface area contributed by atoms with Gasteiger partial charge in [0.05, 0.1) is 18.3 Å². The zero-order valence-electron chi connectivity index (χ0n) is 19.2. The quantitative estimate of drug-likeness (QED) is 0.128. The number of nitrogens with zero attached hydrogens (tertiary/aromatic N) is 2. The number of hydrogen-bond acceptors (Lipinski definition) is 5. The highest BCUT2D eigenvalue weighted by Crippen LogP contribution is 2.48. The number of rotatable bonds is 8. The minimum atomic E-state index is -1.11. The van der Waals surface area contributed by atoms with Gasteiger partial charge in [-0.15, -0.1) is 0 Å². The molecule has 1 aromatic heterocycles. The van der Waals surface area contributed by atoms with Crippen molar-refractivity contribution in [1.29, 1.82) is 0 Å². The Hall–Kier alpha value is -2.71. The first kappa shape index (κ1) is 24.0. The predicted octanol–water partition coefficient (Wildman–Crippen LogP) is 6.73. The van der Waals surface area contributed by atoms with E-state index in [0.29, 0.717) is 30.2 Å². The summed E-state index contributed by atoms with van der Waals surface area (Å²) in [7, 11) is 1.43. The van der Waals surface area contributed by atoms with Gasteiger partial charge >= 0.3 is 5.97 Å². The number of carbonyl (C=O) groups is 1. The molecule has 5 rings (SSSR count). The van der Waals surface area contributed by atoms with E-state index in [9.17, 15) is 4.79 Å². The first-order valence-electron chi connectivity index (χ1n) is 11.5. The Kier molecular flexibility index (Phi) is 6.93. The van der Waals surface area contributed by atoms with Crippen molar-refractivity contribution in [2.75, 3.05) is 7.11 Å². The maximum Gasteiger partial charge on any atom is 0.322 e. The normalized spacial score (nSPS) is 14.9. The van der Waals surface area contributed by atoms with Crippen molar-refractivity contribution < 1.29 is 14.3 Å². The lowest BCUT2D eigenvalue weighted by Gasteiger charge is -2.32. The monoisotopic (exact) mass is 598 g/mol. The summed E-state index contributed by atoms with van der Waals surface area (Å²) < 4.78 is 12.4. The van der Waals surface area contributed by atoms with Gasteiger partial charge in [-0.05, 0) is 88.0 Å². The van der Waals surface area contributed by atoms with Gasteiger partial charge in [0, 0.05) is 8.96 Å². The van der Waals surface area contributed by atoms with Crippen LogP contribution in [-0.4, -0.2) is 23.0 Å². The van der Waals surface area contributed by atoms with Crippen LogP contribution in [0.1, 0.15) is 36.1 Å². The molecule has 0 N–H and O–H groups in total. The fraction of sp³-hybridized carbons (Fsp3) is 0.250. The standard InChI is InChI=1S/C28H24ClIN2O3/c1-34-26(33)28(16-18-7-8-18,25-23-15-21(30)11-14-24(23)31-27(29)32-25)20-9-12-22(13-10-20)35-17-19-5-3-2-4-6-19/h2-6,9-15,18H,7-8,16-17H2,1H3. The third kappa shape index (κ3) is 5.00. The number of methoxy groups -OCH3 is 1. The van der Waals surface area contributed by atoms with E-state index in [-0.39, 0.29) is 11.3 Å². The van der Waals surface area contributed by atoms with Gasteiger partial charge in [-0.2, -0.15) is 0 Å². The van der Waals surface area contributed by atoms with Crippen molar-refractivity contribution in [1.82, 2.24) is 9.97 Å². The summed E-state index contributed by atoms with van der Waals surface area (Å²) in [5.74, 6) is 0.787. The molecule has 0 amide bonds.